The minimum Gasteiger partial charge on any atom is -0.445 e. The molecule has 124 valence electrons. The Kier molecular flexibility index (Phi) is 5.07. The number of hydrogen-bond acceptors (Lipinski definition) is 5. The summed E-state index contributed by atoms with van der Waals surface area (Å²) in [5, 5.41) is 4.58. The van der Waals surface area contributed by atoms with E-state index < -0.39 is 0 Å². The Morgan fingerprint density at radius 1 is 1.13 bits per heavy atom. The molecule has 7 heteroatoms. The Morgan fingerprint density at radius 3 is 2.52 bits per heavy atom. The lowest BCUT2D eigenvalue weighted by molar-refractivity contribution is 0.0607. The molecule has 0 radical (unpaired) electrons. The standard InChI is InChI=1S/C16H22N4O3/c21-16(23-13-14-4-2-1-3-5-14)19-10-8-18(9-11-19)15-6-7-20(12-15)17-22/h1-5,15H,6-13H2. The molecule has 0 aromatic heterocycles. The topological polar surface area (TPSA) is 65.5 Å². The van der Waals surface area contributed by atoms with Gasteiger partial charge in [-0.3, -0.25) is 9.91 Å². The van der Waals surface area contributed by atoms with Crippen molar-refractivity contribution in [3.8, 4) is 0 Å². The predicted octanol–water partition coefficient (Wildman–Crippen LogP) is 1.70. The Labute approximate surface area is 135 Å². The number of piperazine rings is 1. The van der Waals surface area contributed by atoms with Gasteiger partial charge in [0.25, 0.3) is 0 Å². The van der Waals surface area contributed by atoms with Crippen molar-refractivity contribution < 1.29 is 9.53 Å². The largest absolute Gasteiger partial charge is 0.445 e. The molecule has 0 saturated carbocycles. The minimum atomic E-state index is -0.254. The van der Waals surface area contributed by atoms with Crippen molar-refractivity contribution in [2.75, 3.05) is 39.3 Å². The van der Waals surface area contributed by atoms with E-state index in [0.29, 0.717) is 32.3 Å². The van der Waals surface area contributed by atoms with Gasteiger partial charge in [-0.2, -0.15) is 0 Å². The van der Waals surface area contributed by atoms with Crippen molar-refractivity contribution in [1.29, 1.82) is 0 Å². The Balaban J connectivity index is 1.42. The number of rotatable bonds is 4. The van der Waals surface area contributed by atoms with Crippen LogP contribution in [-0.4, -0.2) is 66.2 Å². The highest BCUT2D eigenvalue weighted by molar-refractivity contribution is 5.67. The third-order valence-electron chi connectivity index (χ3n) is 4.55. The summed E-state index contributed by atoms with van der Waals surface area (Å²) in [6, 6.07) is 10.1. The van der Waals surface area contributed by atoms with Crippen molar-refractivity contribution in [2.24, 2.45) is 5.29 Å². The van der Waals surface area contributed by atoms with Crippen LogP contribution >= 0.6 is 0 Å². The number of ether oxygens (including phenoxy) is 1. The van der Waals surface area contributed by atoms with Gasteiger partial charge in [0.2, 0.25) is 0 Å². The monoisotopic (exact) mass is 318 g/mol. The lowest BCUT2D eigenvalue weighted by Gasteiger charge is -2.37. The van der Waals surface area contributed by atoms with Gasteiger partial charge in [-0.25, -0.2) is 4.79 Å². The molecular formula is C16H22N4O3. The third-order valence-corrected chi connectivity index (χ3v) is 4.55. The molecule has 0 spiro atoms. The molecule has 0 bridgehead atoms. The van der Waals surface area contributed by atoms with E-state index >= 15 is 0 Å². The highest BCUT2D eigenvalue weighted by Gasteiger charge is 2.31. The summed E-state index contributed by atoms with van der Waals surface area (Å²) < 4.78 is 5.37. The van der Waals surface area contributed by atoms with E-state index in [1.54, 1.807) is 9.91 Å². The third kappa shape index (κ3) is 3.98. The number of hydrogen-bond donors (Lipinski definition) is 0. The molecule has 1 unspecified atom stereocenters. The lowest BCUT2D eigenvalue weighted by atomic mass is 10.2. The van der Waals surface area contributed by atoms with Crippen molar-refractivity contribution in [3.63, 3.8) is 0 Å². The summed E-state index contributed by atoms with van der Waals surface area (Å²) >= 11 is 0. The molecular weight excluding hydrogens is 296 g/mol. The first-order chi connectivity index (χ1) is 11.3. The second-order valence-electron chi connectivity index (χ2n) is 6.00. The number of amides is 1. The average molecular weight is 318 g/mol. The van der Waals surface area contributed by atoms with Gasteiger partial charge < -0.3 is 9.64 Å². The van der Waals surface area contributed by atoms with E-state index in [4.69, 9.17) is 4.74 Å². The highest BCUT2D eigenvalue weighted by Crippen LogP contribution is 2.18. The van der Waals surface area contributed by atoms with E-state index in [2.05, 4.69) is 10.2 Å². The maximum Gasteiger partial charge on any atom is 0.410 e. The van der Waals surface area contributed by atoms with Crippen molar-refractivity contribution >= 4 is 6.09 Å². The van der Waals surface area contributed by atoms with Crippen LogP contribution in [0.1, 0.15) is 12.0 Å². The van der Waals surface area contributed by atoms with Crippen molar-refractivity contribution in [2.45, 2.75) is 19.1 Å². The molecule has 23 heavy (non-hydrogen) atoms. The molecule has 1 aromatic rings. The first-order valence-corrected chi connectivity index (χ1v) is 8.04. The molecule has 0 N–H and O–H groups in total. The van der Waals surface area contributed by atoms with Crippen LogP contribution in [0, 0.1) is 4.91 Å². The van der Waals surface area contributed by atoms with Crippen LogP contribution < -0.4 is 0 Å². The maximum atomic E-state index is 12.1. The van der Waals surface area contributed by atoms with Crippen LogP contribution in [0.5, 0.6) is 0 Å². The zero-order valence-electron chi connectivity index (χ0n) is 13.1. The molecule has 2 heterocycles. The van der Waals surface area contributed by atoms with E-state index in [1.807, 2.05) is 30.3 Å². The van der Waals surface area contributed by atoms with E-state index in [0.717, 1.165) is 31.6 Å². The fourth-order valence-corrected chi connectivity index (χ4v) is 3.18. The quantitative estimate of drug-likeness (QED) is 0.791. The lowest BCUT2D eigenvalue weighted by Crippen LogP contribution is -2.52. The Bertz CT molecular complexity index is 531. The van der Waals surface area contributed by atoms with Crippen LogP contribution in [0.3, 0.4) is 0 Å². The molecule has 0 aliphatic carbocycles. The molecule has 7 nitrogen and oxygen atoms in total. The zero-order chi connectivity index (χ0) is 16.1. The van der Waals surface area contributed by atoms with Gasteiger partial charge in [0.1, 0.15) is 6.61 Å². The van der Waals surface area contributed by atoms with Crippen LogP contribution in [0.15, 0.2) is 35.6 Å². The van der Waals surface area contributed by atoms with Crippen LogP contribution in [0.2, 0.25) is 0 Å². The van der Waals surface area contributed by atoms with Crippen molar-refractivity contribution in [3.05, 3.63) is 40.8 Å². The zero-order valence-corrected chi connectivity index (χ0v) is 13.1. The van der Waals surface area contributed by atoms with E-state index in [1.165, 1.54) is 0 Å². The number of carbonyl (C=O) groups excluding carboxylic acids is 1. The van der Waals surface area contributed by atoms with E-state index in [9.17, 15) is 9.70 Å². The summed E-state index contributed by atoms with van der Waals surface area (Å²) in [6.07, 6.45) is 0.709. The summed E-state index contributed by atoms with van der Waals surface area (Å²) in [7, 11) is 0. The number of nitroso groups, excluding NO2 is 1. The number of carbonyl (C=O) groups is 1. The Hall–Kier alpha value is -2.15. The van der Waals surface area contributed by atoms with Gasteiger partial charge in [-0.15, -0.1) is 4.91 Å². The minimum absolute atomic E-state index is 0.254. The van der Waals surface area contributed by atoms with Crippen molar-refractivity contribution in [1.82, 2.24) is 14.8 Å². The van der Waals surface area contributed by atoms with Gasteiger partial charge in [0.15, 0.2) is 0 Å². The summed E-state index contributed by atoms with van der Waals surface area (Å²) in [5.74, 6) is 0. The van der Waals surface area contributed by atoms with Crippen LogP contribution in [-0.2, 0) is 11.3 Å². The molecule has 2 saturated heterocycles. The smallest absolute Gasteiger partial charge is 0.410 e. The number of benzene rings is 1. The molecule has 2 aliphatic rings. The fourth-order valence-electron chi connectivity index (χ4n) is 3.18. The summed E-state index contributed by atoms with van der Waals surface area (Å²) in [6.45, 7) is 4.70. The molecule has 1 amide bonds. The van der Waals surface area contributed by atoms with Gasteiger partial charge in [-0.05, 0) is 12.0 Å². The fraction of sp³-hybridized carbons (Fsp3) is 0.562. The SMILES string of the molecule is O=NN1CCC(N2CCN(C(=O)OCc3ccccc3)CC2)C1. The van der Waals surface area contributed by atoms with Gasteiger partial charge in [-0.1, -0.05) is 30.3 Å². The van der Waals surface area contributed by atoms with Crippen LogP contribution in [0.4, 0.5) is 4.79 Å². The normalized spacial score (nSPS) is 22.2. The number of nitrogens with zero attached hydrogens (tertiary/aromatic N) is 4. The molecule has 1 atom stereocenters. The molecule has 2 fully saturated rings. The maximum absolute atomic E-state index is 12.1. The Morgan fingerprint density at radius 2 is 1.87 bits per heavy atom. The summed E-state index contributed by atoms with van der Waals surface area (Å²) in [5.41, 5.74) is 0.992. The molecule has 1 aromatic carbocycles. The summed E-state index contributed by atoms with van der Waals surface area (Å²) in [4.78, 5) is 26.8. The molecule has 2 aliphatic heterocycles. The van der Waals surface area contributed by atoms with Crippen LogP contribution in [0.25, 0.3) is 0 Å². The van der Waals surface area contributed by atoms with Gasteiger partial charge in [0, 0.05) is 38.8 Å². The first kappa shape index (κ1) is 15.7. The van der Waals surface area contributed by atoms with E-state index in [-0.39, 0.29) is 6.09 Å². The first-order valence-electron chi connectivity index (χ1n) is 8.04. The second-order valence-corrected chi connectivity index (χ2v) is 6.00. The highest BCUT2D eigenvalue weighted by atomic mass is 16.6. The average Bonchev–Trinajstić information content (AvgIpc) is 3.10. The second kappa shape index (κ2) is 7.41. The predicted molar refractivity (Wildman–Crippen MR) is 85.5 cm³/mol. The van der Waals surface area contributed by atoms with Gasteiger partial charge >= 0.3 is 6.09 Å². The molecule has 3 rings (SSSR count). The van der Waals surface area contributed by atoms with Gasteiger partial charge in [0.05, 0.1) is 11.8 Å².